The third kappa shape index (κ3) is 7.28. The molecule has 0 unspecified atom stereocenters. The molecular formula is C9H17NO2. The van der Waals surface area contributed by atoms with Gasteiger partial charge in [0, 0.05) is 19.6 Å². The van der Waals surface area contributed by atoms with Gasteiger partial charge in [-0.2, -0.15) is 0 Å². The van der Waals surface area contributed by atoms with E-state index >= 15 is 0 Å². The molecule has 0 fully saturated rings. The number of nitrogens with one attached hydrogen (secondary N) is 1. The molecule has 0 aliphatic heterocycles. The van der Waals surface area contributed by atoms with E-state index < -0.39 is 0 Å². The average Bonchev–Trinajstić information content (AvgIpc) is 2.05. The molecule has 3 heteroatoms. The summed E-state index contributed by atoms with van der Waals surface area (Å²) in [6.07, 6.45) is 4.69. The van der Waals surface area contributed by atoms with Crippen LogP contribution in [0.25, 0.3) is 0 Å². The maximum absolute atomic E-state index is 10.8. The molecule has 0 heterocycles. The van der Waals surface area contributed by atoms with Crippen LogP contribution >= 0.6 is 0 Å². The number of rotatable bonds is 7. The Morgan fingerprint density at radius 3 is 2.75 bits per heavy atom. The van der Waals surface area contributed by atoms with Crippen molar-refractivity contribution in [2.75, 3.05) is 13.2 Å². The van der Waals surface area contributed by atoms with Crippen molar-refractivity contribution in [3.05, 3.63) is 12.7 Å². The molecule has 0 saturated heterocycles. The third-order valence-corrected chi connectivity index (χ3v) is 1.49. The monoisotopic (exact) mass is 171 g/mol. The van der Waals surface area contributed by atoms with E-state index in [9.17, 15) is 4.79 Å². The van der Waals surface area contributed by atoms with Crippen molar-refractivity contribution in [1.82, 2.24) is 5.32 Å². The van der Waals surface area contributed by atoms with Crippen molar-refractivity contribution in [3.8, 4) is 0 Å². The first-order valence-electron chi connectivity index (χ1n) is 4.29. The predicted octanol–water partition coefficient (Wildman–Crippen LogP) is 0.841. The van der Waals surface area contributed by atoms with Crippen molar-refractivity contribution in [2.24, 2.45) is 0 Å². The number of aliphatic hydroxyl groups excluding tert-OH is 1. The number of unbranched alkanes of at least 4 members (excludes halogenated alkanes) is 2. The highest BCUT2D eigenvalue weighted by Gasteiger charge is 1.95. The van der Waals surface area contributed by atoms with E-state index in [0.717, 1.165) is 19.3 Å². The zero-order valence-electron chi connectivity index (χ0n) is 7.38. The molecule has 0 aromatic carbocycles. The highest BCUT2D eigenvalue weighted by atomic mass is 16.2. The van der Waals surface area contributed by atoms with Crippen LogP contribution < -0.4 is 5.32 Å². The van der Waals surface area contributed by atoms with E-state index in [4.69, 9.17) is 5.11 Å². The van der Waals surface area contributed by atoms with E-state index in [1.807, 2.05) is 0 Å². The SMILES string of the molecule is C=CCC(=O)NCCCCCO. The van der Waals surface area contributed by atoms with Crippen LogP contribution in [0.3, 0.4) is 0 Å². The van der Waals surface area contributed by atoms with Crippen molar-refractivity contribution < 1.29 is 9.90 Å². The van der Waals surface area contributed by atoms with Gasteiger partial charge in [-0.05, 0) is 19.3 Å². The normalized spacial score (nSPS) is 9.42. The summed E-state index contributed by atoms with van der Waals surface area (Å²) in [6.45, 7) is 4.40. The molecule has 1 amide bonds. The number of hydrogen-bond donors (Lipinski definition) is 2. The Morgan fingerprint density at radius 1 is 1.42 bits per heavy atom. The standard InChI is InChI=1S/C9H17NO2/c1-2-6-9(12)10-7-4-3-5-8-11/h2,11H,1,3-8H2,(H,10,12). The van der Waals surface area contributed by atoms with E-state index in [-0.39, 0.29) is 12.5 Å². The molecule has 0 aromatic heterocycles. The molecule has 0 aliphatic rings. The minimum absolute atomic E-state index is 0.0222. The van der Waals surface area contributed by atoms with Crippen LogP contribution in [-0.4, -0.2) is 24.2 Å². The summed E-state index contributed by atoms with van der Waals surface area (Å²) in [6, 6.07) is 0. The predicted molar refractivity (Wildman–Crippen MR) is 48.8 cm³/mol. The maximum Gasteiger partial charge on any atom is 0.223 e. The van der Waals surface area contributed by atoms with Crippen LogP contribution in [0.15, 0.2) is 12.7 Å². The highest BCUT2D eigenvalue weighted by Crippen LogP contribution is 1.92. The van der Waals surface area contributed by atoms with Gasteiger partial charge in [-0.25, -0.2) is 0 Å². The van der Waals surface area contributed by atoms with Gasteiger partial charge in [-0.15, -0.1) is 6.58 Å². The molecule has 3 nitrogen and oxygen atoms in total. The summed E-state index contributed by atoms with van der Waals surface area (Å²) in [5.74, 6) is 0.0222. The Labute approximate surface area is 73.5 Å². The Bertz CT molecular complexity index is 134. The van der Waals surface area contributed by atoms with Gasteiger partial charge in [0.2, 0.25) is 5.91 Å². The minimum Gasteiger partial charge on any atom is -0.396 e. The summed E-state index contributed by atoms with van der Waals surface area (Å²) in [5, 5.41) is 11.2. The molecule has 0 radical (unpaired) electrons. The number of carbonyl (C=O) groups excluding carboxylic acids is 1. The first-order valence-corrected chi connectivity index (χ1v) is 4.29. The zero-order valence-corrected chi connectivity index (χ0v) is 7.38. The number of hydrogen-bond acceptors (Lipinski definition) is 2. The van der Waals surface area contributed by atoms with Gasteiger partial charge in [-0.3, -0.25) is 4.79 Å². The minimum atomic E-state index is 0.0222. The molecule has 2 N–H and O–H groups in total. The Balaban J connectivity index is 3.08. The smallest absolute Gasteiger partial charge is 0.223 e. The largest absolute Gasteiger partial charge is 0.396 e. The summed E-state index contributed by atoms with van der Waals surface area (Å²) in [7, 11) is 0. The second-order valence-corrected chi connectivity index (χ2v) is 2.63. The average molecular weight is 171 g/mol. The van der Waals surface area contributed by atoms with Crippen LogP contribution in [0, 0.1) is 0 Å². The molecule has 0 aromatic rings. The van der Waals surface area contributed by atoms with Crippen molar-refractivity contribution in [1.29, 1.82) is 0 Å². The van der Waals surface area contributed by atoms with Gasteiger partial charge >= 0.3 is 0 Å². The van der Waals surface area contributed by atoms with Gasteiger partial charge in [0.25, 0.3) is 0 Å². The molecule has 0 bridgehead atoms. The first-order chi connectivity index (χ1) is 5.81. The van der Waals surface area contributed by atoms with E-state index in [1.165, 1.54) is 0 Å². The fraction of sp³-hybridized carbons (Fsp3) is 0.667. The van der Waals surface area contributed by atoms with E-state index in [2.05, 4.69) is 11.9 Å². The Morgan fingerprint density at radius 2 is 2.17 bits per heavy atom. The van der Waals surface area contributed by atoms with Gasteiger partial charge in [0.1, 0.15) is 0 Å². The van der Waals surface area contributed by atoms with Crippen molar-refractivity contribution >= 4 is 5.91 Å². The number of carbonyl (C=O) groups is 1. The lowest BCUT2D eigenvalue weighted by Gasteiger charge is -2.01. The fourth-order valence-corrected chi connectivity index (χ4v) is 0.845. The fourth-order valence-electron chi connectivity index (χ4n) is 0.845. The summed E-state index contributed by atoms with van der Waals surface area (Å²) in [4.78, 5) is 10.8. The molecule has 0 saturated carbocycles. The van der Waals surface area contributed by atoms with Crippen LogP contribution in [0.5, 0.6) is 0 Å². The van der Waals surface area contributed by atoms with Gasteiger partial charge in [0.05, 0.1) is 0 Å². The zero-order chi connectivity index (χ0) is 9.23. The first kappa shape index (κ1) is 11.2. The molecule has 0 atom stereocenters. The molecular weight excluding hydrogens is 154 g/mol. The summed E-state index contributed by atoms with van der Waals surface area (Å²) in [5.41, 5.74) is 0. The topological polar surface area (TPSA) is 49.3 Å². The van der Waals surface area contributed by atoms with E-state index in [1.54, 1.807) is 6.08 Å². The quantitative estimate of drug-likeness (QED) is 0.440. The van der Waals surface area contributed by atoms with Gasteiger partial charge < -0.3 is 10.4 Å². The van der Waals surface area contributed by atoms with Gasteiger partial charge in [0.15, 0.2) is 0 Å². The lowest BCUT2D eigenvalue weighted by atomic mass is 10.2. The van der Waals surface area contributed by atoms with Crippen molar-refractivity contribution in [2.45, 2.75) is 25.7 Å². The molecule has 0 rings (SSSR count). The Kier molecular flexibility index (Phi) is 7.70. The number of aliphatic hydroxyl groups is 1. The molecule has 12 heavy (non-hydrogen) atoms. The molecule has 0 aliphatic carbocycles. The Hall–Kier alpha value is -0.830. The third-order valence-electron chi connectivity index (χ3n) is 1.49. The second-order valence-electron chi connectivity index (χ2n) is 2.63. The van der Waals surface area contributed by atoms with Crippen molar-refractivity contribution in [3.63, 3.8) is 0 Å². The van der Waals surface area contributed by atoms with Crippen LogP contribution in [0.2, 0.25) is 0 Å². The van der Waals surface area contributed by atoms with Gasteiger partial charge in [-0.1, -0.05) is 6.08 Å². The lowest BCUT2D eigenvalue weighted by Crippen LogP contribution is -2.23. The summed E-state index contributed by atoms with van der Waals surface area (Å²) >= 11 is 0. The van der Waals surface area contributed by atoms with Crippen LogP contribution in [-0.2, 0) is 4.79 Å². The summed E-state index contributed by atoms with van der Waals surface area (Å²) < 4.78 is 0. The second kappa shape index (κ2) is 8.27. The van der Waals surface area contributed by atoms with Crippen LogP contribution in [0.4, 0.5) is 0 Å². The van der Waals surface area contributed by atoms with Crippen LogP contribution in [0.1, 0.15) is 25.7 Å². The van der Waals surface area contributed by atoms with E-state index in [0.29, 0.717) is 13.0 Å². The molecule has 70 valence electrons. The number of amides is 1. The highest BCUT2D eigenvalue weighted by molar-refractivity contribution is 5.77. The lowest BCUT2D eigenvalue weighted by molar-refractivity contribution is -0.120. The maximum atomic E-state index is 10.8. The molecule has 0 spiro atoms.